The van der Waals surface area contributed by atoms with E-state index in [0.29, 0.717) is 25.9 Å². The van der Waals surface area contributed by atoms with Gasteiger partial charge in [0.2, 0.25) is 5.91 Å². The Balaban J connectivity index is 1.16. The van der Waals surface area contributed by atoms with E-state index in [2.05, 4.69) is 29.6 Å². The number of rotatable bonds is 7. The van der Waals surface area contributed by atoms with E-state index >= 15 is 0 Å². The molecular weight excluding hydrogens is 444 g/mol. The molecule has 7 heteroatoms. The fourth-order valence-electron chi connectivity index (χ4n) is 6.05. The zero-order valence-corrected chi connectivity index (χ0v) is 20.0. The number of fused-ring (bicyclic) bond motifs is 3. The molecule has 0 bridgehead atoms. The maximum atomic E-state index is 13.0. The zero-order chi connectivity index (χ0) is 24.6. The molecule has 2 amide bonds. The number of hydrogen-bond donors (Lipinski definition) is 2. The van der Waals surface area contributed by atoms with Crippen molar-refractivity contribution >= 4 is 18.0 Å². The number of carboxylic acids is 1. The molecule has 2 N–H and O–H groups in total. The van der Waals surface area contributed by atoms with Gasteiger partial charge in [-0.15, -0.1) is 0 Å². The summed E-state index contributed by atoms with van der Waals surface area (Å²) in [5, 5.41) is 12.3. The molecule has 2 aromatic carbocycles. The Morgan fingerprint density at radius 2 is 1.69 bits per heavy atom. The van der Waals surface area contributed by atoms with Gasteiger partial charge >= 0.3 is 12.1 Å². The molecule has 2 atom stereocenters. The summed E-state index contributed by atoms with van der Waals surface area (Å²) in [5.41, 5.74) is 4.43. The van der Waals surface area contributed by atoms with E-state index in [1.54, 1.807) is 4.90 Å². The molecule has 3 aliphatic rings. The first-order chi connectivity index (χ1) is 16.9. The lowest BCUT2D eigenvalue weighted by atomic mass is 9.66. The SMILES string of the molecule is CC1C(C(=O)O)CCN1C(=O)CC1(CNC(=O)OCC2c3ccccc3-c3ccccc32)CCC1. The fourth-order valence-corrected chi connectivity index (χ4v) is 6.05. The molecule has 1 aliphatic heterocycles. The van der Waals surface area contributed by atoms with Gasteiger partial charge in [-0.3, -0.25) is 9.59 Å². The Kier molecular flexibility index (Phi) is 6.26. The van der Waals surface area contributed by atoms with Crippen LogP contribution < -0.4 is 5.32 Å². The Morgan fingerprint density at radius 3 is 2.23 bits per heavy atom. The molecule has 2 fully saturated rings. The Bertz CT molecular complexity index is 1100. The molecule has 7 nitrogen and oxygen atoms in total. The van der Waals surface area contributed by atoms with Gasteiger partial charge in [0.25, 0.3) is 0 Å². The molecule has 1 saturated carbocycles. The Hall–Kier alpha value is -3.35. The van der Waals surface area contributed by atoms with Crippen LogP contribution in [0.5, 0.6) is 0 Å². The molecule has 0 radical (unpaired) electrons. The minimum Gasteiger partial charge on any atom is -0.481 e. The van der Waals surface area contributed by atoms with Crippen LogP contribution in [0.2, 0.25) is 0 Å². The lowest BCUT2D eigenvalue weighted by Gasteiger charge is -2.42. The smallest absolute Gasteiger partial charge is 0.407 e. The van der Waals surface area contributed by atoms with Crippen LogP contribution in [0, 0.1) is 11.3 Å². The summed E-state index contributed by atoms with van der Waals surface area (Å²) in [7, 11) is 0. The second kappa shape index (κ2) is 9.36. The summed E-state index contributed by atoms with van der Waals surface area (Å²) >= 11 is 0. The van der Waals surface area contributed by atoms with Crippen molar-refractivity contribution in [1.29, 1.82) is 0 Å². The van der Waals surface area contributed by atoms with Gasteiger partial charge in [0, 0.05) is 31.5 Å². The molecule has 5 rings (SSSR count). The lowest BCUT2D eigenvalue weighted by molar-refractivity contribution is -0.143. The van der Waals surface area contributed by atoms with Gasteiger partial charge in [0.15, 0.2) is 0 Å². The van der Waals surface area contributed by atoms with Gasteiger partial charge in [-0.2, -0.15) is 0 Å². The van der Waals surface area contributed by atoms with Crippen LogP contribution >= 0.6 is 0 Å². The molecule has 1 saturated heterocycles. The number of nitrogens with zero attached hydrogens (tertiary/aromatic N) is 1. The van der Waals surface area contributed by atoms with Crippen LogP contribution in [0.4, 0.5) is 4.79 Å². The van der Waals surface area contributed by atoms with Crippen LogP contribution in [-0.2, 0) is 14.3 Å². The van der Waals surface area contributed by atoms with E-state index in [1.807, 2.05) is 31.2 Å². The summed E-state index contributed by atoms with van der Waals surface area (Å²) in [6.07, 6.45) is 3.11. The molecule has 2 aliphatic carbocycles. The minimum atomic E-state index is -0.844. The van der Waals surface area contributed by atoms with Crippen LogP contribution in [0.3, 0.4) is 0 Å². The zero-order valence-electron chi connectivity index (χ0n) is 20.0. The molecule has 35 heavy (non-hydrogen) atoms. The average Bonchev–Trinajstić information content (AvgIpc) is 3.37. The van der Waals surface area contributed by atoms with E-state index in [4.69, 9.17) is 4.74 Å². The topological polar surface area (TPSA) is 95.9 Å². The van der Waals surface area contributed by atoms with Crippen LogP contribution in [0.25, 0.3) is 11.1 Å². The highest BCUT2D eigenvalue weighted by Crippen LogP contribution is 2.45. The maximum absolute atomic E-state index is 13.0. The van der Waals surface area contributed by atoms with Crippen molar-refractivity contribution < 1.29 is 24.2 Å². The summed E-state index contributed by atoms with van der Waals surface area (Å²) in [6.45, 7) is 2.94. The number of nitrogens with one attached hydrogen (secondary N) is 1. The first-order valence-electron chi connectivity index (χ1n) is 12.5. The third-order valence-electron chi connectivity index (χ3n) is 8.28. The third-order valence-corrected chi connectivity index (χ3v) is 8.28. The summed E-state index contributed by atoms with van der Waals surface area (Å²) < 4.78 is 5.66. The number of carbonyl (C=O) groups excluding carboxylic acids is 2. The van der Waals surface area contributed by atoms with Gasteiger partial charge < -0.3 is 20.1 Å². The normalized spacial score (nSPS) is 22.1. The largest absolute Gasteiger partial charge is 0.481 e. The maximum Gasteiger partial charge on any atom is 0.407 e. The number of carbonyl (C=O) groups is 3. The number of alkyl carbamates (subject to hydrolysis) is 1. The van der Waals surface area contributed by atoms with E-state index in [1.165, 1.54) is 22.3 Å². The van der Waals surface area contributed by atoms with E-state index in [9.17, 15) is 19.5 Å². The van der Waals surface area contributed by atoms with Gasteiger partial charge in [-0.1, -0.05) is 55.0 Å². The highest BCUT2D eigenvalue weighted by Gasteiger charge is 2.44. The van der Waals surface area contributed by atoms with Gasteiger partial charge in [0.1, 0.15) is 6.61 Å². The summed E-state index contributed by atoms with van der Waals surface area (Å²) in [4.78, 5) is 38.7. The molecule has 2 aromatic rings. The van der Waals surface area contributed by atoms with Gasteiger partial charge in [0.05, 0.1) is 5.92 Å². The predicted octanol–water partition coefficient (Wildman–Crippen LogP) is 4.41. The van der Waals surface area contributed by atoms with Crippen LogP contribution in [0.1, 0.15) is 56.1 Å². The number of carboxylic acid groups (broad SMARTS) is 1. The number of aliphatic carboxylic acids is 1. The number of amides is 2. The van der Waals surface area contributed by atoms with Crippen molar-refractivity contribution in [3.63, 3.8) is 0 Å². The molecule has 2 unspecified atom stereocenters. The highest BCUT2D eigenvalue weighted by molar-refractivity contribution is 5.81. The Morgan fingerprint density at radius 1 is 1.06 bits per heavy atom. The number of benzene rings is 2. The van der Waals surface area contributed by atoms with Crippen molar-refractivity contribution in [2.45, 2.75) is 51.0 Å². The second-order valence-corrected chi connectivity index (χ2v) is 10.3. The first-order valence-corrected chi connectivity index (χ1v) is 12.5. The fraction of sp³-hybridized carbons (Fsp3) is 0.464. The molecule has 0 spiro atoms. The van der Waals surface area contributed by atoms with Crippen LogP contribution in [-0.4, -0.2) is 53.7 Å². The molecule has 1 heterocycles. The third kappa shape index (κ3) is 4.40. The minimum absolute atomic E-state index is 0.00576. The van der Waals surface area contributed by atoms with Gasteiger partial charge in [-0.25, -0.2) is 4.79 Å². The van der Waals surface area contributed by atoms with Crippen molar-refractivity contribution in [1.82, 2.24) is 10.2 Å². The van der Waals surface area contributed by atoms with Crippen molar-refractivity contribution in [3.8, 4) is 11.1 Å². The van der Waals surface area contributed by atoms with Crippen molar-refractivity contribution in [2.75, 3.05) is 19.7 Å². The quantitative estimate of drug-likeness (QED) is 0.617. The molecule has 0 aromatic heterocycles. The molecule has 184 valence electrons. The number of likely N-dealkylation sites (tertiary alicyclic amines) is 1. The summed E-state index contributed by atoms with van der Waals surface area (Å²) in [6, 6.07) is 16.1. The monoisotopic (exact) mass is 476 g/mol. The number of ether oxygens (including phenoxy) is 1. The second-order valence-electron chi connectivity index (χ2n) is 10.3. The van der Waals surface area contributed by atoms with E-state index in [0.717, 1.165) is 19.3 Å². The predicted molar refractivity (Wildman–Crippen MR) is 131 cm³/mol. The van der Waals surface area contributed by atoms with Crippen molar-refractivity contribution in [2.24, 2.45) is 11.3 Å². The number of hydrogen-bond acceptors (Lipinski definition) is 4. The van der Waals surface area contributed by atoms with Crippen molar-refractivity contribution in [3.05, 3.63) is 59.7 Å². The van der Waals surface area contributed by atoms with Crippen LogP contribution in [0.15, 0.2) is 48.5 Å². The Labute approximate surface area is 205 Å². The van der Waals surface area contributed by atoms with Gasteiger partial charge in [-0.05, 0) is 53.9 Å². The average molecular weight is 477 g/mol. The molecular formula is C28H32N2O5. The standard InChI is InChI=1S/C28H32N2O5/c1-18-19(26(32)33)11-14-30(18)25(31)15-28(12-6-13-28)17-29-27(34)35-16-24-22-9-4-2-7-20(22)21-8-3-5-10-23(21)24/h2-5,7-10,18-19,24H,6,11-17H2,1H3,(H,29,34)(H,32,33). The first kappa shape index (κ1) is 23.4. The van der Waals surface area contributed by atoms with E-state index in [-0.39, 0.29) is 29.9 Å². The highest BCUT2D eigenvalue weighted by atomic mass is 16.5. The van der Waals surface area contributed by atoms with E-state index < -0.39 is 18.0 Å². The lowest BCUT2D eigenvalue weighted by Crippen LogP contribution is -2.47. The summed E-state index contributed by atoms with van der Waals surface area (Å²) in [5.74, 6) is -1.36.